The van der Waals surface area contributed by atoms with Crippen molar-refractivity contribution in [2.24, 2.45) is 11.3 Å². The summed E-state index contributed by atoms with van der Waals surface area (Å²) in [4.78, 5) is 44.9. The maximum atomic E-state index is 12.3. The van der Waals surface area contributed by atoms with E-state index in [9.17, 15) is 19.2 Å². The van der Waals surface area contributed by atoms with Gasteiger partial charge in [-0.3, -0.25) is 14.4 Å². The van der Waals surface area contributed by atoms with E-state index in [0.29, 0.717) is 19.6 Å². The standard InChI is InChI=1S/C12H22N2O2.C5H9NO.C5H10O2.C3H6N2.C3H8O/c1-12(2,3)10(13-4)11(16)14-7-5-6-9(14)8-15;1-4-2-3-6-5(4)7;1-5(2,3)7-4-6;1-5-3-2-4;1-3(2)4/h8-10,13H,5-7H2,1-4H3;4H,2-3H2,1H3,(H,6,7);4H,1-3H3;5H,3H2,1H3;3-4H,1-2H3/t9?,10-;;;;/m1..../s1. The smallest absolute Gasteiger partial charge is 0.293 e. The summed E-state index contributed by atoms with van der Waals surface area (Å²) in [5.41, 5.74) is -0.455. The minimum atomic E-state index is -0.318. The fraction of sp³-hybridized carbons (Fsp3) is 0.821. The van der Waals surface area contributed by atoms with Gasteiger partial charge in [0, 0.05) is 25.1 Å². The van der Waals surface area contributed by atoms with Gasteiger partial charge in [-0.2, -0.15) is 5.26 Å². The number of carbonyl (C=O) groups excluding carboxylic acids is 4. The molecule has 2 aliphatic heterocycles. The first-order valence-electron chi connectivity index (χ1n) is 13.4. The Balaban J connectivity index is -0.000000470. The van der Waals surface area contributed by atoms with Crippen LogP contribution in [-0.4, -0.2) is 92.1 Å². The first kappa shape index (κ1) is 40.9. The molecule has 2 fully saturated rings. The first-order chi connectivity index (χ1) is 17.9. The molecule has 0 aliphatic carbocycles. The number of aldehydes is 1. The number of hydrogen-bond acceptors (Lipinski definition) is 9. The molecule has 2 heterocycles. The van der Waals surface area contributed by atoms with Crippen molar-refractivity contribution < 1.29 is 29.0 Å². The Hall–Kier alpha value is -2.55. The van der Waals surface area contributed by atoms with Crippen molar-refractivity contribution in [3.8, 4) is 6.07 Å². The summed E-state index contributed by atoms with van der Waals surface area (Å²) in [7, 11) is 3.53. The minimum absolute atomic E-state index is 0.0459. The Kier molecular flexibility index (Phi) is 23.4. The zero-order valence-corrected chi connectivity index (χ0v) is 26.1. The van der Waals surface area contributed by atoms with E-state index in [1.807, 2.05) is 54.5 Å². The zero-order chi connectivity index (χ0) is 31.2. The number of aliphatic hydroxyl groups is 1. The average molecular weight is 558 g/mol. The first-order valence-corrected chi connectivity index (χ1v) is 13.4. The highest BCUT2D eigenvalue weighted by molar-refractivity contribution is 5.85. The van der Waals surface area contributed by atoms with Crippen molar-refractivity contribution in [1.29, 1.82) is 5.26 Å². The summed E-state index contributed by atoms with van der Waals surface area (Å²) in [6.07, 6.45) is 3.46. The molecule has 0 aromatic heterocycles. The predicted molar refractivity (Wildman–Crippen MR) is 154 cm³/mol. The number of amides is 2. The van der Waals surface area contributed by atoms with Crippen molar-refractivity contribution in [2.75, 3.05) is 33.7 Å². The Morgan fingerprint density at radius 2 is 1.74 bits per heavy atom. The van der Waals surface area contributed by atoms with Gasteiger partial charge < -0.3 is 35.5 Å². The molecule has 2 unspecified atom stereocenters. The molecule has 11 heteroatoms. The van der Waals surface area contributed by atoms with E-state index in [0.717, 1.165) is 32.1 Å². The van der Waals surface area contributed by atoms with Gasteiger partial charge in [0.05, 0.1) is 24.7 Å². The normalized spacial score (nSPS) is 18.7. The molecule has 0 aromatic carbocycles. The molecule has 2 saturated heterocycles. The molecule has 0 bridgehead atoms. The van der Waals surface area contributed by atoms with Crippen molar-refractivity contribution in [1.82, 2.24) is 20.9 Å². The third-order valence-electron chi connectivity index (χ3n) is 5.12. The molecule has 4 N–H and O–H groups in total. The number of nitriles is 1. The van der Waals surface area contributed by atoms with Crippen LogP contribution >= 0.6 is 0 Å². The highest BCUT2D eigenvalue weighted by atomic mass is 16.5. The largest absolute Gasteiger partial charge is 0.462 e. The lowest BCUT2D eigenvalue weighted by Crippen LogP contribution is -2.53. The molecule has 39 heavy (non-hydrogen) atoms. The summed E-state index contributed by atoms with van der Waals surface area (Å²) in [6, 6.07) is 1.46. The molecular weight excluding hydrogens is 502 g/mol. The number of nitrogens with zero attached hydrogens (tertiary/aromatic N) is 2. The molecule has 2 aliphatic rings. The minimum Gasteiger partial charge on any atom is -0.462 e. The Morgan fingerprint density at radius 1 is 1.21 bits per heavy atom. The van der Waals surface area contributed by atoms with E-state index in [-0.39, 0.29) is 46.9 Å². The lowest BCUT2D eigenvalue weighted by atomic mass is 9.86. The molecule has 2 amide bonds. The van der Waals surface area contributed by atoms with Crippen LogP contribution in [-0.2, 0) is 23.9 Å². The highest BCUT2D eigenvalue weighted by Gasteiger charge is 2.37. The van der Waals surface area contributed by atoms with Crippen LogP contribution in [0.4, 0.5) is 0 Å². The molecule has 0 radical (unpaired) electrons. The van der Waals surface area contributed by atoms with E-state index in [2.05, 4.69) is 20.7 Å². The number of likely N-dealkylation sites (tertiary alicyclic amines) is 1. The number of likely N-dealkylation sites (N-methyl/N-ethyl adjacent to an activating group) is 1. The molecule has 0 aromatic rings. The molecule has 11 nitrogen and oxygen atoms in total. The maximum Gasteiger partial charge on any atom is 0.293 e. The zero-order valence-electron chi connectivity index (χ0n) is 26.1. The number of hydrogen-bond donors (Lipinski definition) is 4. The Labute approximate surface area is 236 Å². The van der Waals surface area contributed by atoms with Crippen LogP contribution in [0.3, 0.4) is 0 Å². The molecule has 2 rings (SSSR count). The van der Waals surface area contributed by atoms with Crippen molar-refractivity contribution in [3.05, 3.63) is 0 Å². The second-order valence-corrected chi connectivity index (χ2v) is 11.6. The summed E-state index contributed by atoms with van der Waals surface area (Å²) in [6.45, 7) is 19.4. The van der Waals surface area contributed by atoms with E-state index in [4.69, 9.17) is 10.4 Å². The molecule has 0 spiro atoms. The van der Waals surface area contributed by atoms with Crippen molar-refractivity contribution in [2.45, 2.75) is 105 Å². The maximum absolute atomic E-state index is 12.3. The van der Waals surface area contributed by atoms with Crippen LogP contribution in [0.15, 0.2) is 0 Å². The summed E-state index contributed by atoms with van der Waals surface area (Å²) >= 11 is 0. The Bertz CT molecular complexity index is 723. The van der Waals surface area contributed by atoms with Gasteiger partial charge in [0.2, 0.25) is 11.8 Å². The van der Waals surface area contributed by atoms with Gasteiger partial charge in [-0.25, -0.2) is 0 Å². The van der Waals surface area contributed by atoms with Crippen LogP contribution in [0.25, 0.3) is 0 Å². The number of aliphatic hydroxyl groups excluding tert-OH is 1. The van der Waals surface area contributed by atoms with Crippen molar-refractivity contribution in [3.63, 3.8) is 0 Å². The van der Waals surface area contributed by atoms with Gasteiger partial charge >= 0.3 is 0 Å². The van der Waals surface area contributed by atoms with Crippen LogP contribution in [0.1, 0.15) is 81.6 Å². The van der Waals surface area contributed by atoms with Crippen LogP contribution in [0.2, 0.25) is 0 Å². The SMILES string of the molecule is CC(C)(C)OC=O.CC(C)O.CC1CCNC1=O.CNCC#N.CN[C@H](C(=O)N1CCCC1C=O)C(C)(C)C. The topological polar surface area (TPSA) is 161 Å². The average Bonchev–Trinajstić information content (AvgIpc) is 3.42. The number of rotatable bonds is 5. The number of carbonyl (C=O) groups is 4. The van der Waals surface area contributed by atoms with Gasteiger partial charge in [-0.15, -0.1) is 0 Å². The Morgan fingerprint density at radius 3 is 1.95 bits per heavy atom. The quantitative estimate of drug-likeness (QED) is 0.293. The molecule has 228 valence electrons. The molecule has 0 saturated carbocycles. The van der Waals surface area contributed by atoms with E-state index < -0.39 is 0 Å². The van der Waals surface area contributed by atoms with Gasteiger partial charge in [-0.1, -0.05) is 27.7 Å². The lowest BCUT2D eigenvalue weighted by molar-refractivity contribution is -0.139. The summed E-state index contributed by atoms with van der Waals surface area (Å²) < 4.78 is 4.55. The third-order valence-corrected chi connectivity index (χ3v) is 5.12. The summed E-state index contributed by atoms with van der Waals surface area (Å²) in [5, 5.41) is 24.3. The predicted octanol–water partition coefficient (Wildman–Crippen LogP) is 2.03. The second kappa shape index (κ2) is 22.3. The van der Waals surface area contributed by atoms with E-state index in [1.54, 1.807) is 32.8 Å². The molecular formula is C28H55N5O6. The molecule has 3 atom stereocenters. The fourth-order valence-electron chi connectivity index (χ4n) is 3.24. The second-order valence-electron chi connectivity index (χ2n) is 11.6. The number of nitrogens with one attached hydrogen (secondary N) is 3. The number of ether oxygens (including phenoxy) is 1. The summed E-state index contributed by atoms with van der Waals surface area (Å²) in [5.74, 6) is 0.518. The highest BCUT2D eigenvalue weighted by Crippen LogP contribution is 2.24. The van der Waals surface area contributed by atoms with Crippen molar-refractivity contribution >= 4 is 24.6 Å². The van der Waals surface area contributed by atoms with Crippen LogP contribution < -0.4 is 16.0 Å². The van der Waals surface area contributed by atoms with Gasteiger partial charge in [0.1, 0.15) is 11.9 Å². The van der Waals surface area contributed by atoms with Gasteiger partial charge in [-0.05, 0) is 73.4 Å². The van der Waals surface area contributed by atoms with E-state index >= 15 is 0 Å². The van der Waals surface area contributed by atoms with Crippen LogP contribution in [0.5, 0.6) is 0 Å². The fourth-order valence-corrected chi connectivity index (χ4v) is 3.24. The van der Waals surface area contributed by atoms with Crippen LogP contribution in [0, 0.1) is 22.7 Å². The monoisotopic (exact) mass is 557 g/mol. The van der Waals surface area contributed by atoms with Gasteiger partial charge in [0.25, 0.3) is 6.47 Å². The lowest BCUT2D eigenvalue weighted by Gasteiger charge is -2.33. The van der Waals surface area contributed by atoms with Gasteiger partial charge in [0.15, 0.2) is 0 Å². The third kappa shape index (κ3) is 23.1. The van der Waals surface area contributed by atoms with E-state index in [1.165, 1.54) is 0 Å².